The number of carbonyl (C=O) groups is 1. The first-order valence-electron chi connectivity index (χ1n) is 5.88. The van der Waals surface area contributed by atoms with Gasteiger partial charge in [-0.3, -0.25) is 9.35 Å². The molecule has 0 spiro atoms. The van der Waals surface area contributed by atoms with E-state index in [1.165, 1.54) is 0 Å². The Bertz CT molecular complexity index is 767. The quantitative estimate of drug-likeness (QED) is 0.647. The van der Waals surface area contributed by atoms with Gasteiger partial charge in [0, 0.05) is 5.56 Å². The minimum absolute atomic E-state index is 0.153. The third kappa shape index (κ3) is 3.59. The summed E-state index contributed by atoms with van der Waals surface area (Å²) < 4.78 is 36.5. The zero-order valence-corrected chi connectivity index (χ0v) is 11.6. The molecule has 0 saturated heterocycles. The van der Waals surface area contributed by atoms with Crippen LogP contribution in [0.1, 0.15) is 15.9 Å². The highest BCUT2D eigenvalue weighted by molar-refractivity contribution is 7.85. The average Bonchev–Trinajstić information content (AvgIpc) is 2.45. The lowest BCUT2D eigenvalue weighted by Crippen LogP contribution is -2.02. The molecular formula is C14H12O6S. The fourth-order valence-corrected chi connectivity index (χ4v) is 2.23. The standard InChI is InChI=1S/C14H12O6S/c15-8-10-3-1-2-4-14(10)20-9-11-7-12(21(17,18)19)5-6-13(11)16/h1-8,16H,9H2,(H,17,18,19). The summed E-state index contributed by atoms with van der Waals surface area (Å²) >= 11 is 0. The molecule has 6 nitrogen and oxygen atoms in total. The monoisotopic (exact) mass is 308 g/mol. The molecular weight excluding hydrogens is 296 g/mol. The molecule has 110 valence electrons. The summed E-state index contributed by atoms with van der Waals surface area (Å²) in [6, 6.07) is 9.82. The van der Waals surface area contributed by atoms with Crippen molar-refractivity contribution in [3.63, 3.8) is 0 Å². The van der Waals surface area contributed by atoms with Crippen LogP contribution in [0.15, 0.2) is 47.4 Å². The molecule has 0 heterocycles. The zero-order chi connectivity index (χ0) is 15.5. The first kappa shape index (κ1) is 15.0. The fourth-order valence-electron chi connectivity index (χ4n) is 1.70. The lowest BCUT2D eigenvalue weighted by atomic mass is 10.2. The molecule has 0 atom stereocenters. The van der Waals surface area contributed by atoms with Crippen LogP contribution in [0.5, 0.6) is 11.5 Å². The van der Waals surface area contributed by atoms with Gasteiger partial charge in [0.05, 0.1) is 10.5 Å². The topological polar surface area (TPSA) is 101 Å². The maximum Gasteiger partial charge on any atom is 0.294 e. The number of hydrogen-bond acceptors (Lipinski definition) is 5. The van der Waals surface area contributed by atoms with E-state index in [9.17, 15) is 18.3 Å². The van der Waals surface area contributed by atoms with Gasteiger partial charge in [0.15, 0.2) is 6.29 Å². The molecule has 0 aliphatic rings. The van der Waals surface area contributed by atoms with Crippen molar-refractivity contribution in [1.29, 1.82) is 0 Å². The largest absolute Gasteiger partial charge is 0.508 e. The number of rotatable bonds is 5. The van der Waals surface area contributed by atoms with Gasteiger partial charge < -0.3 is 9.84 Å². The van der Waals surface area contributed by atoms with Gasteiger partial charge in [-0.05, 0) is 30.3 Å². The Kier molecular flexibility index (Phi) is 4.25. The Balaban J connectivity index is 2.26. The molecule has 0 aromatic heterocycles. The molecule has 21 heavy (non-hydrogen) atoms. The summed E-state index contributed by atoms with van der Waals surface area (Å²) in [5, 5.41) is 9.68. The van der Waals surface area contributed by atoms with Crippen LogP contribution in [0.4, 0.5) is 0 Å². The highest BCUT2D eigenvalue weighted by atomic mass is 32.2. The smallest absolute Gasteiger partial charge is 0.294 e. The lowest BCUT2D eigenvalue weighted by molar-refractivity contribution is 0.111. The molecule has 0 radical (unpaired) electrons. The van der Waals surface area contributed by atoms with Gasteiger partial charge in [-0.2, -0.15) is 8.42 Å². The second-order valence-electron chi connectivity index (χ2n) is 4.21. The minimum Gasteiger partial charge on any atom is -0.508 e. The molecule has 0 aliphatic carbocycles. The highest BCUT2D eigenvalue weighted by Crippen LogP contribution is 2.24. The molecule has 0 aliphatic heterocycles. The van der Waals surface area contributed by atoms with Crippen molar-refractivity contribution in [3.05, 3.63) is 53.6 Å². The summed E-state index contributed by atoms with van der Waals surface area (Å²) in [6.45, 7) is -0.153. The van der Waals surface area contributed by atoms with E-state index in [1.54, 1.807) is 24.3 Å². The van der Waals surface area contributed by atoms with Gasteiger partial charge in [-0.1, -0.05) is 12.1 Å². The summed E-state index contributed by atoms with van der Waals surface area (Å²) in [6.07, 6.45) is 0.629. The van der Waals surface area contributed by atoms with Crippen LogP contribution in [0.25, 0.3) is 0 Å². The summed E-state index contributed by atoms with van der Waals surface area (Å²) in [5.74, 6) is 0.134. The van der Waals surface area contributed by atoms with Crippen LogP contribution in [0.3, 0.4) is 0 Å². The maximum atomic E-state index is 11.1. The van der Waals surface area contributed by atoms with Crippen LogP contribution < -0.4 is 4.74 Å². The first-order valence-corrected chi connectivity index (χ1v) is 7.32. The average molecular weight is 308 g/mol. The van der Waals surface area contributed by atoms with E-state index in [2.05, 4.69) is 0 Å². The summed E-state index contributed by atoms with van der Waals surface area (Å²) in [7, 11) is -4.36. The molecule has 2 aromatic carbocycles. The van der Waals surface area contributed by atoms with E-state index in [0.29, 0.717) is 17.6 Å². The molecule has 0 amide bonds. The predicted molar refractivity (Wildman–Crippen MR) is 74.1 cm³/mol. The van der Waals surface area contributed by atoms with Crippen molar-refractivity contribution in [2.24, 2.45) is 0 Å². The number of benzene rings is 2. The van der Waals surface area contributed by atoms with Gasteiger partial charge >= 0.3 is 0 Å². The zero-order valence-electron chi connectivity index (χ0n) is 10.8. The van der Waals surface area contributed by atoms with Crippen molar-refractivity contribution in [2.75, 3.05) is 0 Å². The number of carbonyl (C=O) groups excluding carboxylic acids is 1. The number of phenols is 1. The lowest BCUT2D eigenvalue weighted by Gasteiger charge is -2.10. The third-order valence-electron chi connectivity index (χ3n) is 2.78. The van der Waals surface area contributed by atoms with Gasteiger partial charge in [-0.15, -0.1) is 0 Å². The predicted octanol–water partition coefficient (Wildman–Crippen LogP) is 2.03. The van der Waals surface area contributed by atoms with Gasteiger partial charge in [0.2, 0.25) is 0 Å². The van der Waals surface area contributed by atoms with Gasteiger partial charge in [0.25, 0.3) is 10.1 Å². The third-order valence-corrected chi connectivity index (χ3v) is 3.63. The molecule has 7 heteroatoms. The van der Waals surface area contributed by atoms with E-state index in [0.717, 1.165) is 18.2 Å². The van der Waals surface area contributed by atoms with Crippen molar-refractivity contribution in [1.82, 2.24) is 0 Å². The Hall–Kier alpha value is -2.38. The van der Waals surface area contributed by atoms with Crippen molar-refractivity contribution in [3.8, 4) is 11.5 Å². The van der Waals surface area contributed by atoms with Gasteiger partial charge in [0.1, 0.15) is 18.1 Å². The molecule has 0 fully saturated rings. The second kappa shape index (κ2) is 5.94. The summed E-state index contributed by atoms with van der Waals surface area (Å²) in [5.41, 5.74) is 0.508. The number of phenolic OH excluding ortho intramolecular Hbond substituents is 1. The molecule has 2 N–H and O–H groups in total. The molecule has 0 saturated carbocycles. The van der Waals surface area contributed by atoms with Gasteiger partial charge in [-0.25, -0.2) is 0 Å². The molecule has 2 rings (SSSR count). The van der Waals surface area contributed by atoms with Crippen molar-refractivity contribution >= 4 is 16.4 Å². The van der Waals surface area contributed by atoms with E-state index >= 15 is 0 Å². The number of aldehydes is 1. The maximum absolute atomic E-state index is 11.1. The Morgan fingerprint density at radius 2 is 1.86 bits per heavy atom. The normalized spacial score (nSPS) is 11.1. The Morgan fingerprint density at radius 1 is 1.14 bits per heavy atom. The summed E-state index contributed by atoms with van der Waals surface area (Å²) in [4.78, 5) is 10.5. The van der Waals surface area contributed by atoms with Crippen LogP contribution in [0.2, 0.25) is 0 Å². The second-order valence-corrected chi connectivity index (χ2v) is 5.63. The van der Waals surface area contributed by atoms with E-state index in [4.69, 9.17) is 9.29 Å². The first-order chi connectivity index (χ1) is 9.91. The van der Waals surface area contributed by atoms with Crippen LogP contribution >= 0.6 is 0 Å². The van der Waals surface area contributed by atoms with Crippen LogP contribution in [-0.2, 0) is 16.7 Å². The molecule has 2 aromatic rings. The van der Waals surface area contributed by atoms with E-state index in [1.807, 2.05) is 0 Å². The highest BCUT2D eigenvalue weighted by Gasteiger charge is 2.13. The van der Waals surface area contributed by atoms with Crippen LogP contribution in [-0.4, -0.2) is 24.4 Å². The van der Waals surface area contributed by atoms with E-state index < -0.39 is 10.1 Å². The van der Waals surface area contributed by atoms with Crippen molar-refractivity contribution in [2.45, 2.75) is 11.5 Å². The number of para-hydroxylation sites is 1. The Labute approximate surface area is 121 Å². The minimum atomic E-state index is -4.36. The Morgan fingerprint density at radius 3 is 2.52 bits per heavy atom. The van der Waals surface area contributed by atoms with Crippen molar-refractivity contribution < 1.29 is 27.6 Å². The fraction of sp³-hybridized carbons (Fsp3) is 0.0714. The molecule has 0 bridgehead atoms. The number of hydrogen-bond donors (Lipinski definition) is 2. The molecule has 0 unspecified atom stereocenters. The van der Waals surface area contributed by atoms with E-state index in [-0.39, 0.29) is 22.8 Å². The SMILES string of the molecule is O=Cc1ccccc1OCc1cc(S(=O)(=O)O)ccc1O. The van der Waals surface area contributed by atoms with Crippen LogP contribution in [0, 0.1) is 0 Å². The number of aromatic hydroxyl groups is 1. The number of ether oxygens (including phenoxy) is 1.